The second kappa shape index (κ2) is 9.63. The standard InChI is InChI=1S/C28H31FN8/c1-28(2)16-30-11-9-22(28)35-27-24-19(17-5-3-6-17)14-31-15-21(24)34-25(37-27)18-8-12-32-23(13-18)36-26-20(29)7-4-10-33-26/h4,7-8,10,12-15,17,22,30H,3,5-6,9,11,16H2,1-2H3,(H,32,33,36)(H,34,35,37). The molecule has 1 unspecified atom stereocenters. The summed E-state index contributed by atoms with van der Waals surface area (Å²) in [4.78, 5) is 23.0. The van der Waals surface area contributed by atoms with E-state index in [2.05, 4.69) is 44.7 Å². The first-order valence-electron chi connectivity index (χ1n) is 12.9. The monoisotopic (exact) mass is 498 g/mol. The van der Waals surface area contributed by atoms with Crippen molar-refractivity contribution in [1.29, 1.82) is 0 Å². The van der Waals surface area contributed by atoms with Crippen LogP contribution < -0.4 is 16.0 Å². The molecule has 6 rings (SSSR count). The van der Waals surface area contributed by atoms with E-state index in [0.29, 0.717) is 17.6 Å². The van der Waals surface area contributed by atoms with Gasteiger partial charge in [-0.1, -0.05) is 20.3 Å². The highest BCUT2D eigenvalue weighted by molar-refractivity contribution is 5.93. The normalized spacial score (nSPS) is 19.4. The Kier molecular flexibility index (Phi) is 6.16. The van der Waals surface area contributed by atoms with E-state index in [1.54, 1.807) is 12.3 Å². The minimum absolute atomic E-state index is 0.0693. The van der Waals surface area contributed by atoms with Crippen molar-refractivity contribution in [1.82, 2.24) is 30.2 Å². The summed E-state index contributed by atoms with van der Waals surface area (Å²) < 4.78 is 14.2. The number of pyridine rings is 3. The third-order valence-electron chi connectivity index (χ3n) is 7.65. The van der Waals surface area contributed by atoms with Gasteiger partial charge in [-0.05, 0) is 67.0 Å². The van der Waals surface area contributed by atoms with Gasteiger partial charge in [0.05, 0.1) is 11.7 Å². The Morgan fingerprint density at radius 2 is 1.92 bits per heavy atom. The van der Waals surface area contributed by atoms with Gasteiger partial charge in [0.25, 0.3) is 0 Å². The molecule has 1 atom stereocenters. The van der Waals surface area contributed by atoms with Crippen LogP contribution in [0.5, 0.6) is 0 Å². The Morgan fingerprint density at radius 3 is 2.70 bits per heavy atom. The Balaban J connectivity index is 1.43. The maximum Gasteiger partial charge on any atom is 0.167 e. The number of fused-ring (bicyclic) bond motifs is 1. The molecule has 3 N–H and O–H groups in total. The molecule has 1 aliphatic carbocycles. The van der Waals surface area contributed by atoms with Crippen LogP contribution in [0.2, 0.25) is 0 Å². The highest BCUT2D eigenvalue weighted by Crippen LogP contribution is 2.42. The van der Waals surface area contributed by atoms with Crippen LogP contribution in [0, 0.1) is 11.2 Å². The van der Waals surface area contributed by atoms with Gasteiger partial charge in [0.2, 0.25) is 0 Å². The molecule has 8 nitrogen and oxygen atoms in total. The molecule has 1 saturated carbocycles. The molecule has 0 bridgehead atoms. The summed E-state index contributed by atoms with van der Waals surface area (Å²) in [6, 6.07) is 6.86. The second-order valence-corrected chi connectivity index (χ2v) is 10.7. The van der Waals surface area contributed by atoms with Crippen molar-refractivity contribution in [3.8, 4) is 11.4 Å². The Labute approximate surface area is 215 Å². The van der Waals surface area contributed by atoms with Gasteiger partial charge in [0.1, 0.15) is 11.6 Å². The van der Waals surface area contributed by atoms with Gasteiger partial charge < -0.3 is 16.0 Å². The molecule has 9 heteroatoms. The van der Waals surface area contributed by atoms with Crippen LogP contribution in [0.1, 0.15) is 51.0 Å². The zero-order valence-electron chi connectivity index (χ0n) is 21.1. The van der Waals surface area contributed by atoms with Gasteiger partial charge in [-0.15, -0.1) is 0 Å². The fourth-order valence-electron chi connectivity index (χ4n) is 5.21. The maximum atomic E-state index is 14.2. The van der Waals surface area contributed by atoms with Crippen LogP contribution in [0.3, 0.4) is 0 Å². The lowest BCUT2D eigenvalue weighted by Crippen LogP contribution is -2.49. The largest absolute Gasteiger partial charge is 0.366 e. The first kappa shape index (κ1) is 23.7. The second-order valence-electron chi connectivity index (χ2n) is 10.7. The molecular formula is C28H31FN8. The number of hydrogen-bond donors (Lipinski definition) is 3. The van der Waals surface area contributed by atoms with E-state index in [0.717, 1.165) is 41.8 Å². The lowest BCUT2D eigenvalue weighted by atomic mass is 9.78. The van der Waals surface area contributed by atoms with E-state index in [-0.39, 0.29) is 17.3 Å². The summed E-state index contributed by atoms with van der Waals surface area (Å²) in [6.07, 6.45) is 11.6. The van der Waals surface area contributed by atoms with Crippen LogP contribution in [-0.4, -0.2) is 44.1 Å². The van der Waals surface area contributed by atoms with Crippen molar-refractivity contribution >= 4 is 28.4 Å². The van der Waals surface area contributed by atoms with Gasteiger partial charge in [0, 0.05) is 42.1 Å². The highest BCUT2D eigenvalue weighted by Gasteiger charge is 2.33. The summed E-state index contributed by atoms with van der Waals surface area (Å²) in [5.41, 5.74) is 2.90. The van der Waals surface area contributed by atoms with Crippen molar-refractivity contribution in [2.75, 3.05) is 23.7 Å². The minimum atomic E-state index is -0.442. The number of aromatic nitrogens is 5. The van der Waals surface area contributed by atoms with Crippen molar-refractivity contribution in [2.24, 2.45) is 5.41 Å². The molecule has 1 aliphatic heterocycles. The molecular weight excluding hydrogens is 467 g/mol. The molecule has 2 fully saturated rings. The molecule has 37 heavy (non-hydrogen) atoms. The number of nitrogens with zero attached hydrogens (tertiary/aromatic N) is 5. The van der Waals surface area contributed by atoms with Crippen LogP contribution in [-0.2, 0) is 0 Å². The third-order valence-corrected chi connectivity index (χ3v) is 7.65. The average molecular weight is 499 g/mol. The van der Waals surface area contributed by atoms with Gasteiger partial charge in [-0.2, -0.15) is 0 Å². The number of piperidine rings is 1. The van der Waals surface area contributed by atoms with Crippen molar-refractivity contribution < 1.29 is 4.39 Å². The van der Waals surface area contributed by atoms with E-state index in [9.17, 15) is 4.39 Å². The lowest BCUT2D eigenvalue weighted by molar-refractivity contribution is 0.236. The molecule has 4 aromatic heterocycles. The first-order valence-corrected chi connectivity index (χ1v) is 12.9. The molecule has 0 amide bonds. The summed E-state index contributed by atoms with van der Waals surface area (Å²) in [6.45, 7) is 6.48. The molecule has 0 aromatic carbocycles. The predicted molar refractivity (Wildman–Crippen MR) is 143 cm³/mol. The van der Waals surface area contributed by atoms with Gasteiger partial charge >= 0.3 is 0 Å². The zero-order chi connectivity index (χ0) is 25.4. The van der Waals surface area contributed by atoms with Crippen molar-refractivity contribution in [3.63, 3.8) is 0 Å². The zero-order valence-corrected chi connectivity index (χ0v) is 21.1. The molecule has 4 aromatic rings. The molecule has 0 radical (unpaired) electrons. The van der Waals surface area contributed by atoms with Gasteiger partial charge in [-0.25, -0.2) is 24.3 Å². The highest BCUT2D eigenvalue weighted by atomic mass is 19.1. The van der Waals surface area contributed by atoms with Crippen molar-refractivity contribution in [2.45, 2.75) is 51.5 Å². The van der Waals surface area contributed by atoms with E-state index in [1.807, 2.05) is 24.5 Å². The minimum Gasteiger partial charge on any atom is -0.366 e. The Hall–Kier alpha value is -3.72. The lowest BCUT2D eigenvalue weighted by Gasteiger charge is -2.40. The molecule has 190 valence electrons. The summed E-state index contributed by atoms with van der Waals surface area (Å²) in [5, 5.41) is 11.4. The van der Waals surface area contributed by atoms with Crippen LogP contribution in [0.4, 0.5) is 21.8 Å². The molecule has 1 saturated heterocycles. The van der Waals surface area contributed by atoms with Gasteiger partial charge in [-0.3, -0.25) is 4.98 Å². The molecule has 0 spiro atoms. The SMILES string of the molecule is CC1(C)CNCCC1Nc1nc(-c2ccnc(Nc3ncccc3F)c2)nc2cncc(C3CCC3)c12. The number of anilines is 3. The van der Waals surface area contributed by atoms with Crippen LogP contribution in [0.25, 0.3) is 22.3 Å². The van der Waals surface area contributed by atoms with E-state index in [4.69, 9.17) is 9.97 Å². The predicted octanol–water partition coefficient (Wildman–Crippen LogP) is 5.43. The van der Waals surface area contributed by atoms with E-state index in [1.165, 1.54) is 37.1 Å². The maximum absolute atomic E-state index is 14.2. The van der Waals surface area contributed by atoms with Crippen molar-refractivity contribution in [3.05, 3.63) is 60.4 Å². The molecule has 5 heterocycles. The van der Waals surface area contributed by atoms with E-state index < -0.39 is 5.82 Å². The number of nitrogens with one attached hydrogen (secondary N) is 3. The summed E-state index contributed by atoms with van der Waals surface area (Å²) in [7, 11) is 0. The number of halogens is 1. The Bertz CT molecular complexity index is 1440. The summed E-state index contributed by atoms with van der Waals surface area (Å²) >= 11 is 0. The number of hydrogen-bond acceptors (Lipinski definition) is 8. The fraction of sp³-hybridized carbons (Fsp3) is 0.393. The first-order chi connectivity index (χ1) is 18.0. The number of rotatable bonds is 6. The fourth-order valence-corrected chi connectivity index (χ4v) is 5.21. The van der Waals surface area contributed by atoms with Crippen LogP contribution in [0.15, 0.2) is 49.1 Å². The topological polar surface area (TPSA) is 101 Å². The summed E-state index contributed by atoms with van der Waals surface area (Å²) in [5.74, 6) is 2.07. The third kappa shape index (κ3) is 4.71. The van der Waals surface area contributed by atoms with E-state index >= 15 is 0 Å². The molecule has 2 aliphatic rings. The quantitative estimate of drug-likeness (QED) is 0.323. The average Bonchev–Trinajstić information content (AvgIpc) is 2.86. The van der Waals surface area contributed by atoms with Crippen LogP contribution >= 0.6 is 0 Å². The Morgan fingerprint density at radius 1 is 1.03 bits per heavy atom. The smallest absolute Gasteiger partial charge is 0.167 e. The van der Waals surface area contributed by atoms with Gasteiger partial charge in [0.15, 0.2) is 17.5 Å².